The molecule has 246 valence electrons. The highest BCUT2D eigenvalue weighted by Gasteiger charge is 2.51. The highest BCUT2D eigenvalue weighted by molar-refractivity contribution is 8.00. The van der Waals surface area contributed by atoms with Crippen LogP contribution in [0.5, 0.6) is 0 Å². The van der Waals surface area contributed by atoms with Gasteiger partial charge in [-0.05, 0) is 62.8 Å². The fourth-order valence-corrected chi connectivity index (χ4v) is 9.99. The van der Waals surface area contributed by atoms with Gasteiger partial charge in [-0.3, -0.25) is 19.3 Å². The number of amides is 2. The van der Waals surface area contributed by atoms with Crippen LogP contribution >= 0.6 is 11.8 Å². The van der Waals surface area contributed by atoms with E-state index >= 15 is 0 Å². The number of imide groups is 1. The van der Waals surface area contributed by atoms with Crippen molar-refractivity contribution in [3.8, 4) is 0 Å². The van der Waals surface area contributed by atoms with E-state index in [9.17, 15) is 14.4 Å². The van der Waals surface area contributed by atoms with E-state index in [0.717, 1.165) is 66.4 Å². The monoisotopic (exact) mass is 644 g/mol. The third-order valence-electron chi connectivity index (χ3n) is 11.1. The summed E-state index contributed by atoms with van der Waals surface area (Å²) in [5.74, 6) is 3.45. The Morgan fingerprint density at radius 1 is 0.957 bits per heavy atom. The summed E-state index contributed by atoms with van der Waals surface area (Å²) >= 11 is 1.51. The van der Waals surface area contributed by atoms with Crippen LogP contribution in [0, 0.1) is 17.8 Å². The zero-order valence-electron chi connectivity index (χ0n) is 27.1. The molecule has 2 aliphatic carbocycles. The van der Waals surface area contributed by atoms with Crippen LogP contribution in [0.1, 0.15) is 89.8 Å². The number of imidazole rings is 1. The Kier molecular flexibility index (Phi) is 9.37. The summed E-state index contributed by atoms with van der Waals surface area (Å²) in [6.45, 7) is 3.33. The lowest BCUT2D eigenvalue weighted by Gasteiger charge is -2.37. The zero-order chi connectivity index (χ0) is 31.8. The first-order valence-electron chi connectivity index (χ1n) is 17.7. The number of nitrogen functional groups attached to an aromatic ring is 1. The fraction of sp³-hybridized carbons (Fsp3) is 0.639. The van der Waals surface area contributed by atoms with Gasteiger partial charge in [-0.15, -0.1) is 11.8 Å². The summed E-state index contributed by atoms with van der Waals surface area (Å²) in [5, 5.41) is 4.38. The molecule has 2 amide bonds. The molecule has 2 aliphatic heterocycles. The summed E-state index contributed by atoms with van der Waals surface area (Å²) in [7, 11) is 0. The van der Waals surface area contributed by atoms with Gasteiger partial charge in [0.15, 0.2) is 11.6 Å². The maximum atomic E-state index is 13.6. The van der Waals surface area contributed by atoms with Gasteiger partial charge in [0.25, 0.3) is 0 Å². The molecule has 46 heavy (non-hydrogen) atoms. The molecule has 2 aromatic heterocycles. The van der Waals surface area contributed by atoms with E-state index in [0.29, 0.717) is 41.8 Å². The van der Waals surface area contributed by atoms with Crippen molar-refractivity contribution in [3.63, 3.8) is 0 Å². The minimum atomic E-state index is -0.393. The van der Waals surface area contributed by atoms with Crippen molar-refractivity contribution in [2.45, 2.75) is 114 Å². The second kappa shape index (κ2) is 13.6. The van der Waals surface area contributed by atoms with Crippen LogP contribution in [0.25, 0.3) is 21.9 Å². The summed E-state index contributed by atoms with van der Waals surface area (Å²) in [4.78, 5) is 50.9. The average molecular weight is 645 g/mol. The molecular formula is C36H48N6O3S. The summed E-state index contributed by atoms with van der Waals surface area (Å²) in [6, 6.07) is 8.13. The Morgan fingerprint density at radius 3 is 2.59 bits per heavy atom. The number of aromatic nitrogens is 3. The molecule has 4 aliphatic rings. The molecule has 2 saturated heterocycles. The van der Waals surface area contributed by atoms with Crippen molar-refractivity contribution in [2.75, 3.05) is 18.0 Å². The molecule has 3 N–H and O–H groups in total. The number of carbonyl (C=O) groups is 3. The molecular weight excluding hydrogens is 597 g/mol. The first kappa shape index (κ1) is 31.6. The average Bonchev–Trinajstić information content (AvgIpc) is 3.72. The van der Waals surface area contributed by atoms with Crippen LogP contribution < -0.4 is 11.1 Å². The molecule has 2 bridgehead atoms. The number of Topliss-reactive ketones (excluding diaryl/α,β-unsaturated/α-hetero) is 1. The van der Waals surface area contributed by atoms with Crippen molar-refractivity contribution >= 4 is 57.1 Å². The third kappa shape index (κ3) is 5.96. The van der Waals surface area contributed by atoms with Crippen molar-refractivity contribution in [1.82, 2.24) is 24.8 Å². The SMILES string of the molecule is CCCCc1nc2c(N)nc3ccccc3c2n1CCCCN1C(=O)CC(SCC2NC3C4CCCCCC(CC4)C3C2=O)C1=O. The molecule has 0 radical (unpaired) electrons. The van der Waals surface area contributed by atoms with Crippen molar-refractivity contribution in [2.24, 2.45) is 17.8 Å². The van der Waals surface area contributed by atoms with Gasteiger partial charge in [0, 0.05) is 49.0 Å². The van der Waals surface area contributed by atoms with Crippen molar-refractivity contribution in [1.29, 1.82) is 0 Å². The molecule has 6 atom stereocenters. The second-order valence-corrected chi connectivity index (χ2v) is 15.3. The molecule has 1 aromatic carbocycles. The van der Waals surface area contributed by atoms with Crippen LogP contribution in [0.15, 0.2) is 24.3 Å². The third-order valence-corrected chi connectivity index (χ3v) is 12.4. The number of hydrogen-bond acceptors (Lipinski definition) is 8. The first-order valence-corrected chi connectivity index (χ1v) is 18.8. The molecule has 7 rings (SSSR count). The van der Waals surface area contributed by atoms with Crippen LogP contribution in [0.4, 0.5) is 5.82 Å². The number of ketones is 1. The van der Waals surface area contributed by atoms with Crippen LogP contribution in [-0.4, -0.2) is 66.7 Å². The maximum Gasteiger partial charge on any atom is 0.242 e. The van der Waals surface area contributed by atoms with Crippen molar-refractivity contribution in [3.05, 3.63) is 30.1 Å². The standard InChI is InChI=1S/C36H48N6O3S/c1-2-3-15-28-40-32-33(24-13-7-8-14-25(24)39-35(32)37)41(28)18-9-10-19-42-29(43)20-27(36(42)45)46-21-26-34(44)30-22-11-5-4-6-12-23(17-16-22)31(30)38-26/h7-8,13-14,22-23,26-27,30-31,38H,2-6,9-12,15-21H2,1H3,(H2,37,39). The molecule has 0 spiro atoms. The van der Waals surface area contributed by atoms with Gasteiger partial charge in [0.2, 0.25) is 11.8 Å². The van der Waals surface area contributed by atoms with Crippen molar-refractivity contribution < 1.29 is 14.4 Å². The molecule has 4 fully saturated rings. The highest BCUT2D eigenvalue weighted by atomic mass is 32.2. The van der Waals surface area contributed by atoms with Gasteiger partial charge < -0.3 is 15.6 Å². The Hall–Kier alpha value is -2.98. The number of thioether (sulfide) groups is 1. The number of nitrogens with zero attached hydrogens (tertiary/aromatic N) is 4. The predicted molar refractivity (Wildman–Crippen MR) is 183 cm³/mol. The van der Waals surface area contributed by atoms with E-state index in [1.807, 2.05) is 18.2 Å². The van der Waals surface area contributed by atoms with E-state index in [1.54, 1.807) is 0 Å². The van der Waals surface area contributed by atoms with Gasteiger partial charge in [-0.25, -0.2) is 9.97 Å². The van der Waals surface area contributed by atoms with Crippen LogP contribution in [0.3, 0.4) is 0 Å². The Balaban J connectivity index is 0.963. The number of para-hydroxylation sites is 1. The summed E-state index contributed by atoms with van der Waals surface area (Å²) in [6.07, 6.45) is 13.3. The summed E-state index contributed by atoms with van der Waals surface area (Å²) < 4.78 is 2.28. The number of likely N-dealkylation sites (tertiary alicyclic amines) is 1. The highest BCUT2D eigenvalue weighted by Crippen LogP contribution is 2.45. The number of rotatable bonds is 11. The Morgan fingerprint density at radius 2 is 1.74 bits per heavy atom. The maximum absolute atomic E-state index is 13.6. The largest absolute Gasteiger partial charge is 0.382 e. The second-order valence-electron chi connectivity index (χ2n) is 14.0. The van der Waals surface area contributed by atoms with E-state index in [4.69, 9.17) is 10.7 Å². The van der Waals surface area contributed by atoms with E-state index in [-0.39, 0.29) is 30.2 Å². The molecule has 10 heteroatoms. The number of anilines is 1. The Bertz CT molecular complexity index is 1620. The van der Waals surface area contributed by atoms with E-state index in [2.05, 4.69) is 27.9 Å². The molecule has 4 heterocycles. The molecule has 6 unspecified atom stereocenters. The van der Waals surface area contributed by atoms with Gasteiger partial charge in [-0.2, -0.15) is 0 Å². The first-order chi connectivity index (χ1) is 22.4. The normalized spacial score (nSPS) is 28.3. The molecule has 2 saturated carbocycles. The lowest BCUT2D eigenvalue weighted by molar-refractivity contribution is -0.138. The number of benzene rings is 1. The lowest BCUT2D eigenvalue weighted by Crippen LogP contribution is -2.43. The fourth-order valence-electron chi connectivity index (χ4n) is 8.78. The van der Waals surface area contributed by atoms with Gasteiger partial charge in [-0.1, -0.05) is 50.8 Å². The number of carbonyl (C=O) groups excluding carboxylic acids is 3. The summed E-state index contributed by atoms with van der Waals surface area (Å²) in [5.41, 5.74) is 8.98. The Labute approximate surface area is 275 Å². The smallest absolute Gasteiger partial charge is 0.242 e. The predicted octanol–water partition coefficient (Wildman–Crippen LogP) is 5.67. The minimum absolute atomic E-state index is 0.0919. The minimum Gasteiger partial charge on any atom is -0.382 e. The molecule has 9 nitrogen and oxygen atoms in total. The number of aryl methyl sites for hydroxylation is 2. The number of nitrogens with one attached hydrogen (secondary N) is 1. The molecule has 3 aromatic rings. The van der Waals surface area contributed by atoms with Gasteiger partial charge in [0.1, 0.15) is 11.3 Å². The quantitative estimate of drug-likeness (QED) is 0.202. The topological polar surface area (TPSA) is 123 Å². The number of nitrogens with two attached hydrogens (primary N) is 1. The number of unbranched alkanes of at least 4 members (excludes halogenated alkanes) is 2. The number of hydrogen-bond donors (Lipinski definition) is 2. The number of pyridine rings is 1. The van der Waals surface area contributed by atoms with Crippen LogP contribution in [0.2, 0.25) is 0 Å². The zero-order valence-corrected chi connectivity index (χ0v) is 27.9. The van der Waals surface area contributed by atoms with E-state index < -0.39 is 5.25 Å². The van der Waals surface area contributed by atoms with Crippen LogP contribution in [-0.2, 0) is 27.3 Å². The van der Waals surface area contributed by atoms with E-state index in [1.165, 1.54) is 61.6 Å². The lowest BCUT2D eigenvalue weighted by atomic mass is 9.69. The van der Waals surface area contributed by atoms with Gasteiger partial charge in [0.05, 0.1) is 22.3 Å². The van der Waals surface area contributed by atoms with Gasteiger partial charge >= 0.3 is 0 Å². The number of fused-ring (bicyclic) bond motifs is 3.